The van der Waals surface area contributed by atoms with Gasteiger partial charge in [0.05, 0.1) is 46.6 Å². The molecule has 5 rings (SSSR count). The summed E-state index contributed by atoms with van der Waals surface area (Å²) in [6.45, 7) is 3.99. The van der Waals surface area contributed by atoms with Crippen molar-refractivity contribution in [1.82, 2.24) is 4.57 Å². The number of aliphatic carboxylic acids is 1. The Hall–Kier alpha value is -5.83. The van der Waals surface area contributed by atoms with Crippen LogP contribution in [0.3, 0.4) is 0 Å². The molecule has 15 heteroatoms. The Labute approximate surface area is 264 Å². The number of ether oxygens (including phenoxy) is 3. The van der Waals surface area contributed by atoms with E-state index in [1.54, 1.807) is 49.4 Å². The number of hydrogen-bond donors (Lipinski definition) is 1. The summed E-state index contributed by atoms with van der Waals surface area (Å²) in [4.78, 5) is 63.1. The lowest BCUT2D eigenvalue weighted by atomic mass is 9.95. The number of carboxylic acid groups (broad SMARTS) is 1. The van der Waals surface area contributed by atoms with Gasteiger partial charge in [0.25, 0.3) is 17.2 Å². The molecular weight excluding hydrogens is 622 g/mol. The SMILES string of the molecule is CC(=O)O.COC(=O)C1=C(C)N=c2s/c(=C/c3ccc(-c4ccccc4[N+](=O)[O-])o3)c(=O)n2C1c1ccc(OC(C)=O)c(OC)c1. The molecule has 0 aliphatic carbocycles. The lowest BCUT2D eigenvalue weighted by molar-refractivity contribution is -0.384. The number of esters is 2. The van der Waals surface area contributed by atoms with Crippen LogP contribution in [0, 0.1) is 10.1 Å². The number of nitrogens with zero attached hydrogens (tertiary/aromatic N) is 3. The zero-order valence-electron chi connectivity index (χ0n) is 25.1. The molecule has 0 fully saturated rings. The van der Waals surface area contributed by atoms with Gasteiger partial charge in [0, 0.05) is 26.0 Å². The van der Waals surface area contributed by atoms with Crippen molar-refractivity contribution in [1.29, 1.82) is 0 Å². The molecule has 14 nitrogen and oxygen atoms in total. The third-order valence-corrected chi connectivity index (χ3v) is 7.43. The summed E-state index contributed by atoms with van der Waals surface area (Å²) in [5, 5.41) is 18.9. The van der Waals surface area contributed by atoms with Crippen LogP contribution < -0.4 is 24.4 Å². The zero-order chi connectivity index (χ0) is 33.7. The molecule has 0 radical (unpaired) electrons. The maximum atomic E-state index is 13.8. The molecule has 0 amide bonds. The van der Waals surface area contributed by atoms with Crippen molar-refractivity contribution < 1.29 is 43.0 Å². The average Bonchev–Trinajstić information content (AvgIpc) is 3.59. The summed E-state index contributed by atoms with van der Waals surface area (Å²) < 4.78 is 23.1. The van der Waals surface area contributed by atoms with Gasteiger partial charge in [0.15, 0.2) is 16.3 Å². The van der Waals surface area contributed by atoms with E-state index in [1.807, 2.05) is 0 Å². The first-order valence-electron chi connectivity index (χ1n) is 13.4. The number of allylic oxidation sites excluding steroid dienone is 1. The fourth-order valence-corrected chi connectivity index (χ4v) is 5.67. The average molecular weight is 650 g/mol. The van der Waals surface area contributed by atoms with Gasteiger partial charge in [0.1, 0.15) is 11.5 Å². The van der Waals surface area contributed by atoms with E-state index in [1.165, 1.54) is 43.9 Å². The number of nitro benzene ring substituents is 1. The second-order valence-corrected chi connectivity index (χ2v) is 10.6. The molecule has 1 unspecified atom stereocenters. The van der Waals surface area contributed by atoms with Crippen molar-refractivity contribution in [2.75, 3.05) is 14.2 Å². The Morgan fingerprint density at radius 3 is 2.41 bits per heavy atom. The third kappa shape index (κ3) is 6.94. The van der Waals surface area contributed by atoms with Crippen LogP contribution in [-0.2, 0) is 19.1 Å². The van der Waals surface area contributed by atoms with E-state index in [0.29, 0.717) is 27.4 Å². The molecule has 4 aromatic rings. The highest BCUT2D eigenvalue weighted by molar-refractivity contribution is 7.07. The van der Waals surface area contributed by atoms with Gasteiger partial charge in [-0.3, -0.25) is 29.1 Å². The minimum absolute atomic E-state index is 0.112. The highest BCUT2D eigenvalue weighted by Crippen LogP contribution is 2.36. The molecule has 238 valence electrons. The standard InChI is InChI=1S/C29H23N3O9S.C2H4O2/c1-15-25(28(35)39-4)26(17-9-11-22(40-16(2)33)23(13-17)38-3)31-27(34)24(42-29(31)30-15)14-18-10-12-21(41-18)19-7-5-6-8-20(19)32(36)37;1-2(3)4/h5-14,26H,1-4H3;1H3,(H,3,4)/b24-14+;. The normalized spacial score (nSPS) is 13.9. The van der Waals surface area contributed by atoms with Gasteiger partial charge in [-0.25, -0.2) is 9.79 Å². The van der Waals surface area contributed by atoms with Crippen LogP contribution in [0.4, 0.5) is 5.69 Å². The summed E-state index contributed by atoms with van der Waals surface area (Å²) in [5.41, 5.74) is 0.729. The maximum absolute atomic E-state index is 13.8. The second-order valence-electron chi connectivity index (χ2n) is 9.57. The Morgan fingerprint density at radius 2 is 1.78 bits per heavy atom. The summed E-state index contributed by atoms with van der Waals surface area (Å²) in [5.74, 6) is -1.08. The van der Waals surface area contributed by atoms with Crippen LogP contribution in [-0.4, -0.2) is 46.7 Å². The highest BCUT2D eigenvalue weighted by Gasteiger charge is 2.34. The van der Waals surface area contributed by atoms with Gasteiger partial charge in [-0.05, 0) is 42.8 Å². The molecule has 46 heavy (non-hydrogen) atoms. The number of benzene rings is 2. The van der Waals surface area contributed by atoms with E-state index >= 15 is 0 Å². The quantitative estimate of drug-likeness (QED) is 0.133. The topological polar surface area (TPSA) is 190 Å². The van der Waals surface area contributed by atoms with Crippen molar-refractivity contribution in [3.8, 4) is 22.8 Å². The molecule has 0 spiro atoms. The summed E-state index contributed by atoms with van der Waals surface area (Å²) in [7, 11) is 2.64. The molecule has 3 heterocycles. The molecule has 0 saturated heterocycles. The van der Waals surface area contributed by atoms with Crippen molar-refractivity contribution in [2.24, 2.45) is 4.99 Å². The number of methoxy groups -OCH3 is 2. The smallest absolute Gasteiger partial charge is 0.338 e. The number of thiazole rings is 1. The van der Waals surface area contributed by atoms with Crippen molar-refractivity contribution in [2.45, 2.75) is 26.8 Å². The predicted octanol–water partition coefficient (Wildman–Crippen LogP) is 3.60. The molecule has 1 atom stereocenters. The van der Waals surface area contributed by atoms with E-state index in [-0.39, 0.29) is 33.1 Å². The lowest BCUT2D eigenvalue weighted by Gasteiger charge is -2.25. The van der Waals surface area contributed by atoms with Crippen LogP contribution >= 0.6 is 11.3 Å². The van der Waals surface area contributed by atoms with E-state index in [0.717, 1.165) is 18.3 Å². The van der Waals surface area contributed by atoms with Gasteiger partial charge < -0.3 is 23.7 Å². The van der Waals surface area contributed by atoms with Gasteiger partial charge in [-0.2, -0.15) is 0 Å². The van der Waals surface area contributed by atoms with Crippen molar-refractivity contribution >= 4 is 41.0 Å². The largest absolute Gasteiger partial charge is 0.493 e. The number of furan rings is 1. The molecule has 1 aliphatic rings. The number of fused-ring (bicyclic) bond motifs is 1. The molecule has 2 aromatic heterocycles. The Balaban J connectivity index is 0.00000113. The Kier molecular flexibility index (Phi) is 9.96. The monoisotopic (exact) mass is 649 g/mol. The van der Waals surface area contributed by atoms with E-state index < -0.39 is 34.4 Å². The first-order valence-corrected chi connectivity index (χ1v) is 14.2. The van der Waals surface area contributed by atoms with Gasteiger partial charge in [-0.1, -0.05) is 29.5 Å². The summed E-state index contributed by atoms with van der Waals surface area (Å²) in [6.07, 6.45) is 1.51. The van der Waals surface area contributed by atoms with Gasteiger partial charge >= 0.3 is 11.9 Å². The van der Waals surface area contributed by atoms with Crippen molar-refractivity contribution in [3.05, 3.63) is 107 Å². The van der Waals surface area contributed by atoms with Crippen molar-refractivity contribution in [3.63, 3.8) is 0 Å². The summed E-state index contributed by atoms with van der Waals surface area (Å²) in [6, 6.07) is 13.2. The number of carbonyl (C=O) groups is 3. The van der Waals surface area contributed by atoms with Crippen LogP contribution in [0.15, 0.2) is 80.1 Å². The third-order valence-electron chi connectivity index (χ3n) is 6.45. The minimum atomic E-state index is -0.935. The number of nitro groups is 1. The predicted molar refractivity (Wildman–Crippen MR) is 164 cm³/mol. The molecule has 1 aliphatic heterocycles. The summed E-state index contributed by atoms with van der Waals surface area (Å²) >= 11 is 1.09. The number of para-hydroxylation sites is 1. The molecular formula is C31H27N3O11S. The van der Waals surface area contributed by atoms with Gasteiger partial charge in [0.2, 0.25) is 0 Å². The molecule has 1 N–H and O–H groups in total. The van der Waals surface area contributed by atoms with Gasteiger partial charge in [-0.15, -0.1) is 0 Å². The Morgan fingerprint density at radius 1 is 1.09 bits per heavy atom. The van der Waals surface area contributed by atoms with E-state index in [2.05, 4.69) is 4.99 Å². The molecule has 2 aromatic carbocycles. The number of carboxylic acids is 1. The van der Waals surface area contributed by atoms with Crippen LogP contribution in [0.5, 0.6) is 11.5 Å². The van der Waals surface area contributed by atoms with Crippen LogP contribution in [0.1, 0.15) is 38.1 Å². The fourth-order valence-electron chi connectivity index (χ4n) is 4.65. The van der Waals surface area contributed by atoms with Crippen LogP contribution in [0.25, 0.3) is 17.4 Å². The minimum Gasteiger partial charge on any atom is -0.493 e. The lowest BCUT2D eigenvalue weighted by Crippen LogP contribution is -2.39. The number of rotatable bonds is 7. The maximum Gasteiger partial charge on any atom is 0.338 e. The highest BCUT2D eigenvalue weighted by atomic mass is 32.1. The fraction of sp³-hybridized carbons (Fsp3) is 0.194. The van der Waals surface area contributed by atoms with Crippen LogP contribution in [0.2, 0.25) is 0 Å². The first-order chi connectivity index (χ1) is 21.9. The number of carbonyl (C=O) groups excluding carboxylic acids is 2. The van der Waals surface area contributed by atoms with E-state index in [4.69, 9.17) is 28.5 Å². The Bertz CT molecular complexity index is 2070. The zero-order valence-corrected chi connectivity index (χ0v) is 25.9. The van der Waals surface area contributed by atoms with E-state index in [9.17, 15) is 24.5 Å². The molecule has 0 bridgehead atoms. The second kappa shape index (κ2) is 13.9. The number of hydrogen-bond acceptors (Lipinski definition) is 12. The molecule has 0 saturated carbocycles. The number of aromatic nitrogens is 1. The first kappa shape index (κ1) is 33.1.